The van der Waals surface area contributed by atoms with E-state index < -0.39 is 4.92 Å². The first-order chi connectivity index (χ1) is 8.66. The van der Waals surface area contributed by atoms with E-state index in [-0.39, 0.29) is 5.69 Å². The van der Waals surface area contributed by atoms with Crippen molar-refractivity contribution in [2.45, 2.75) is 6.54 Å². The molecule has 0 saturated heterocycles. The first-order valence-corrected chi connectivity index (χ1v) is 5.89. The molecule has 7 heteroatoms. The summed E-state index contributed by atoms with van der Waals surface area (Å²) in [6.45, 7) is 0.512. The van der Waals surface area contributed by atoms with Crippen molar-refractivity contribution in [3.63, 3.8) is 0 Å². The fraction of sp³-hybridized carbons (Fsp3) is 0.0909. The fourth-order valence-corrected chi connectivity index (χ4v) is 1.90. The molecule has 0 aliphatic carbocycles. The highest BCUT2D eigenvalue weighted by atomic mass is 79.9. The van der Waals surface area contributed by atoms with E-state index >= 15 is 0 Å². The standard InChI is InChI=1S/C11H9BrN4O2/c12-10-5-8(1-2-11(10)16(17)18)15-7-9-6-13-3-4-14-9/h1-6,15H,7H2. The van der Waals surface area contributed by atoms with Gasteiger partial charge in [-0.15, -0.1) is 0 Å². The quantitative estimate of drug-likeness (QED) is 0.694. The molecule has 1 N–H and O–H groups in total. The van der Waals surface area contributed by atoms with Gasteiger partial charge < -0.3 is 5.32 Å². The Bertz CT molecular complexity index is 562. The zero-order valence-corrected chi connectivity index (χ0v) is 10.8. The monoisotopic (exact) mass is 308 g/mol. The lowest BCUT2D eigenvalue weighted by Gasteiger charge is -2.06. The summed E-state index contributed by atoms with van der Waals surface area (Å²) in [5, 5.41) is 13.8. The Morgan fingerprint density at radius 1 is 1.39 bits per heavy atom. The van der Waals surface area contributed by atoms with Gasteiger partial charge >= 0.3 is 0 Å². The Labute approximate surface area is 111 Å². The van der Waals surface area contributed by atoms with E-state index in [1.807, 2.05) is 0 Å². The normalized spacial score (nSPS) is 10.1. The van der Waals surface area contributed by atoms with Crippen LogP contribution in [0.1, 0.15) is 5.69 Å². The third kappa shape index (κ3) is 3.01. The number of nitrogens with one attached hydrogen (secondary N) is 1. The van der Waals surface area contributed by atoms with E-state index in [1.54, 1.807) is 30.7 Å². The third-order valence-corrected chi connectivity index (χ3v) is 2.87. The Balaban J connectivity index is 2.07. The van der Waals surface area contributed by atoms with Gasteiger partial charge in [0.15, 0.2) is 0 Å². The summed E-state index contributed by atoms with van der Waals surface area (Å²) >= 11 is 3.16. The van der Waals surface area contributed by atoms with Crippen molar-refractivity contribution in [3.05, 3.63) is 57.1 Å². The van der Waals surface area contributed by atoms with Crippen LogP contribution in [-0.2, 0) is 6.54 Å². The van der Waals surface area contributed by atoms with E-state index in [0.29, 0.717) is 11.0 Å². The Morgan fingerprint density at radius 2 is 2.22 bits per heavy atom. The van der Waals surface area contributed by atoms with Gasteiger partial charge in [0.1, 0.15) is 0 Å². The maximum atomic E-state index is 10.6. The molecule has 1 aromatic heterocycles. The number of hydrogen-bond donors (Lipinski definition) is 1. The number of nitrogens with zero attached hydrogens (tertiary/aromatic N) is 3. The molecule has 0 spiro atoms. The Morgan fingerprint density at radius 3 is 2.83 bits per heavy atom. The highest BCUT2D eigenvalue weighted by Gasteiger charge is 2.11. The third-order valence-electron chi connectivity index (χ3n) is 2.23. The van der Waals surface area contributed by atoms with Crippen LogP contribution in [0.5, 0.6) is 0 Å². The number of anilines is 1. The molecule has 92 valence electrons. The van der Waals surface area contributed by atoms with Gasteiger partial charge in [-0.25, -0.2) is 0 Å². The zero-order valence-electron chi connectivity index (χ0n) is 9.21. The van der Waals surface area contributed by atoms with Gasteiger partial charge in [0.25, 0.3) is 5.69 Å². The molecule has 18 heavy (non-hydrogen) atoms. The van der Waals surface area contributed by atoms with E-state index in [4.69, 9.17) is 0 Å². The molecule has 2 aromatic rings. The maximum Gasteiger partial charge on any atom is 0.283 e. The lowest BCUT2D eigenvalue weighted by Crippen LogP contribution is -2.02. The van der Waals surface area contributed by atoms with Gasteiger partial charge in [0, 0.05) is 24.1 Å². The molecule has 0 aliphatic heterocycles. The molecule has 2 rings (SSSR count). The minimum atomic E-state index is -0.434. The van der Waals surface area contributed by atoms with Gasteiger partial charge in [0.2, 0.25) is 0 Å². The van der Waals surface area contributed by atoms with Crippen LogP contribution in [0.2, 0.25) is 0 Å². The van der Waals surface area contributed by atoms with Crippen LogP contribution in [0, 0.1) is 10.1 Å². The molecule has 0 unspecified atom stereocenters. The lowest BCUT2D eigenvalue weighted by atomic mass is 10.3. The fourth-order valence-electron chi connectivity index (χ4n) is 1.38. The largest absolute Gasteiger partial charge is 0.379 e. The number of benzene rings is 1. The summed E-state index contributed by atoms with van der Waals surface area (Å²) in [7, 11) is 0. The molecule has 1 aromatic carbocycles. The molecule has 0 bridgehead atoms. The number of rotatable bonds is 4. The smallest absolute Gasteiger partial charge is 0.283 e. The SMILES string of the molecule is O=[N+]([O-])c1ccc(NCc2cnccn2)cc1Br. The number of hydrogen-bond acceptors (Lipinski definition) is 5. The average Bonchev–Trinajstić information content (AvgIpc) is 2.37. The summed E-state index contributed by atoms with van der Waals surface area (Å²) in [5.41, 5.74) is 1.62. The number of nitro groups is 1. The molecule has 0 fully saturated rings. The van der Waals surface area contributed by atoms with Crippen molar-refractivity contribution >= 4 is 27.3 Å². The molecule has 0 atom stereocenters. The van der Waals surface area contributed by atoms with Crippen LogP contribution in [0.3, 0.4) is 0 Å². The van der Waals surface area contributed by atoms with Crippen LogP contribution in [0.4, 0.5) is 11.4 Å². The van der Waals surface area contributed by atoms with Crippen LogP contribution >= 0.6 is 15.9 Å². The van der Waals surface area contributed by atoms with Crippen molar-refractivity contribution < 1.29 is 4.92 Å². The van der Waals surface area contributed by atoms with Crippen LogP contribution in [-0.4, -0.2) is 14.9 Å². The summed E-state index contributed by atoms with van der Waals surface area (Å²) in [5.74, 6) is 0. The molecular formula is C11H9BrN4O2. The van der Waals surface area contributed by atoms with Crippen molar-refractivity contribution in [1.29, 1.82) is 0 Å². The molecule has 6 nitrogen and oxygen atoms in total. The second-order valence-electron chi connectivity index (χ2n) is 3.47. The summed E-state index contributed by atoms with van der Waals surface area (Å²) in [4.78, 5) is 18.3. The van der Waals surface area contributed by atoms with Gasteiger partial charge in [-0.05, 0) is 28.1 Å². The highest BCUT2D eigenvalue weighted by molar-refractivity contribution is 9.10. The Kier molecular flexibility index (Phi) is 3.83. The minimum Gasteiger partial charge on any atom is -0.379 e. The van der Waals surface area contributed by atoms with Gasteiger partial charge in [0.05, 0.1) is 27.8 Å². The zero-order chi connectivity index (χ0) is 13.0. The summed E-state index contributed by atoms with van der Waals surface area (Å²) in [6, 6.07) is 4.76. The average molecular weight is 309 g/mol. The van der Waals surface area contributed by atoms with Crippen molar-refractivity contribution in [2.75, 3.05) is 5.32 Å². The lowest BCUT2D eigenvalue weighted by molar-refractivity contribution is -0.385. The number of aromatic nitrogens is 2. The van der Waals surface area contributed by atoms with Crippen molar-refractivity contribution in [1.82, 2.24) is 9.97 Å². The molecule has 0 amide bonds. The maximum absolute atomic E-state index is 10.6. The molecule has 0 radical (unpaired) electrons. The summed E-state index contributed by atoms with van der Waals surface area (Å²) in [6.07, 6.45) is 4.88. The van der Waals surface area contributed by atoms with E-state index in [2.05, 4.69) is 31.2 Å². The van der Waals surface area contributed by atoms with E-state index in [0.717, 1.165) is 11.4 Å². The topological polar surface area (TPSA) is 81.0 Å². The van der Waals surface area contributed by atoms with Gasteiger partial charge in [-0.3, -0.25) is 20.1 Å². The predicted octanol–water partition coefficient (Wildman–Crippen LogP) is 2.76. The van der Waals surface area contributed by atoms with Gasteiger partial charge in [-0.1, -0.05) is 0 Å². The number of halogens is 1. The first-order valence-electron chi connectivity index (χ1n) is 5.09. The second kappa shape index (κ2) is 5.54. The molecule has 0 aliphatic rings. The number of nitro benzene ring substituents is 1. The van der Waals surface area contributed by atoms with Crippen LogP contribution < -0.4 is 5.32 Å². The summed E-state index contributed by atoms with van der Waals surface area (Å²) < 4.78 is 0.441. The highest BCUT2D eigenvalue weighted by Crippen LogP contribution is 2.27. The predicted molar refractivity (Wildman–Crippen MR) is 70.2 cm³/mol. The molecule has 0 saturated carbocycles. The van der Waals surface area contributed by atoms with Crippen LogP contribution in [0.15, 0.2) is 41.3 Å². The molecule has 1 heterocycles. The first kappa shape index (κ1) is 12.4. The Hall–Kier alpha value is -2.02. The molecular weight excluding hydrogens is 300 g/mol. The van der Waals surface area contributed by atoms with E-state index in [1.165, 1.54) is 6.07 Å². The van der Waals surface area contributed by atoms with Crippen molar-refractivity contribution in [2.24, 2.45) is 0 Å². The second-order valence-corrected chi connectivity index (χ2v) is 4.33. The minimum absolute atomic E-state index is 0.0417. The van der Waals surface area contributed by atoms with Crippen molar-refractivity contribution in [3.8, 4) is 0 Å². The van der Waals surface area contributed by atoms with Crippen LogP contribution in [0.25, 0.3) is 0 Å². The van der Waals surface area contributed by atoms with E-state index in [9.17, 15) is 10.1 Å². The van der Waals surface area contributed by atoms with Gasteiger partial charge in [-0.2, -0.15) is 0 Å².